The van der Waals surface area contributed by atoms with Gasteiger partial charge in [-0.2, -0.15) is 0 Å². The highest BCUT2D eigenvalue weighted by atomic mass is 32.1. The molecule has 0 unspecified atom stereocenters. The van der Waals surface area contributed by atoms with Crippen molar-refractivity contribution in [1.82, 2.24) is 10.2 Å². The first-order valence-corrected chi connectivity index (χ1v) is 7.17. The summed E-state index contributed by atoms with van der Waals surface area (Å²) in [6.45, 7) is 1.94. The van der Waals surface area contributed by atoms with Crippen molar-refractivity contribution in [1.29, 1.82) is 0 Å². The van der Waals surface area contributed by atoms with E-state index >= 15 is 0 Å². The van der Waals surface area contributed by atoms with Crippen LogP contribution in [0.25, 0.3) is 6.08 Å². The highest BCUT2D eigenvalue weighted by Crippen LogP contribution is 2.24. The molecule has 1 N–H and O–H groups in total. The zero-order chi connectivity index (χ0) is 15.0. The zero-order valence-electron chi connectivity index (χ0n) is 11.6. The van der Waals surface area contributed by atoms with Crippen molar-refractivity contribution in [3.05, 3.63) is 23.5 Å². The normalized spacial score (nSPS) is 21.4. The first-order chi connectivity index (χ1) is 10.1. The fourth-order valence-electron chi connectivity index (χ4n) is 2.42. The molecule has 0 aromatic carbocycles. The highest BCUT2D eigenvalue weighted by Gasteiger charge is 2.31. The Hall–Kier alpha value is -2.15. The maximum absolute atomic E-state index is 12.1. The summed E-state index contributed by atoms with van der Waals surface area (Å²) in [5.41, 5.74) is 0.0217. The summed E-state index contributed by atoms with van der Waals surface area (Å²) in [7, 11) is 1.52. The average molecular weight is 305 g/mol. The van der Waals surface area contributed by atoms with Crippen molar-refractivity contribution in [2.24, 2.45) is 0 Å². The topological polar surface area (TPSA) is 65.8 Å². The lowest BCUT2D eigenvalue weighted by atomic mass is 10.1. The second-order valence-corrected chi connectivity index (χ2v) is 5.44. The lowest BCUT2D eigenvalue weighted by Crippen LogP contribution is -2.52. The van der Waals surface area contributed by atoms with Crippen molar-refractivity contribution in [2.75, 3.05) is 25.0 Å². The third-order valence-electron chi connectivity index (χ3n) is 3.62. The molecule has 0 bridgehead atoms. The van der Waals surface area contributed by atoms with Crippen molar-refractivity contribution < 1.29 is 14.0 Å². The Morgan fingerprint density at radius 1 is 1.29 bits per heavy atom. The van der Waals surface area contributed by atoms with E-state index in [1.54, 1.807) is 6.07 Å². The molecule has 0 radical (unpaired) electrons. The van der Waals surface area contributed by atoms with Gasteiger partial charge in [-0.3, -0.25) is 19.8 Å². The number of amides is 2. The van der Waals surface area contributed by atoms with Crippen LogP contribution >= 0.6 is 12.2 Å². The van der Waals surface area contributed by atoms with E-state index in [9.17, 15) is 9.59 Å². The van der Waals surface area contributed by atoms with E-state index in [2.05, 4.69) is 10.2 Å². The van der Waals surface area contributed by atoms with E-state index in [4.69, 9.17) is 16.6 Å². The van der Waals surface area contributed by atoms with Crippen LogP contribution in [0.3, 0.4) is 0 Å². The molecule has 0 spiro atoms. The number of anilines is 1. The Kier molecular flexibility index (Phi) is 3.50. The summed E-state index contributed by atoms with van der Waals surface area (Å²) in [6.07, 6.45) is 3.76. The Bertz CT molecular complexity index is 644. The molecule has 2 saturated heterocycles. The minimum absolute atomic E-state index is 0.0217. The second-order valence-electron chi connectivity index (χ2n) is 5.05. The Morgan fingerprint density at radius 3 is 2.71 bits per heavy atom. The first kappa shape index (κ1) is 13.8. The van der Waals surface area contributed by atoms with Gasteiger partial charge in [0.25, 0.3) is 11.8 Å². The molecule has 7 heteroatoms. The molecule has 3 rings (SSSR count). The molecule has 6 nitrogen and oxygen atoms in total. The number of thiocarbonyl (C=S) groups is 1. The number of hydrogen-bond donors (Lipinski definition) is 1. The van der Waals surface area contributed by atoms with Gasteiger partial charge in [-0.25, -0.2) is 0 Å². The largest absolute Gasteiger partial charge is 0.441 e. The van der Waals surface area contributed by atoms with Crippen LogP contribution in [0.4, 0.5) is 5.88 Å². The molecule has 3 heterocycles. The van der Waals surface area contributed by atoms with E-state index in [0.717, 1.165) is 31.8 Å². The van der Waals surface area contributed by atoms with Gasteiger partial charge < -0.3 is 9.32 Å². The molecule has 0 saturated carbocycles. The van der Waals surface area contributed by atoms with Crippen molar-refractivity contribution in [3.8, 4) is 0 Å². The second kappa shape index (κ2) is 5.33. The SMILES string of the molecule is CN1C(=O)C(=Cc2ccc(N3CCCC3)o2)C(=O)NC1=S. The van der Waals surface area contributed by atoms with Gasteiger partial charge in [0.1, 0.15) is 11.3 Å². The standard InChI is InChI=1S/C14H15N3O3S/c1-16-13(19)10(12(18)15-14(16)21)8-9-4-5-11(20-9)17-6-2-3-7-17/h4-5,8H,2-3,6-7H2,1H3,(H,15,18,21). The van der Waals surface area contributed by atoms with Crippen LogP contribution < -0.4 is 10.2 Å². The summed E-state index contributed by atoms with van der Waals surface area (Å²) in [4.78, 5) is 27.3. The predicted molar refractivity (Wildman–Crippen MR) is 81.6 cm³/mol. The Morgan fingerprint density at radius 2 is 2.00 bits per heavy atom. The number of likely N-dealkylation sites (N-methyl/N-ethyl adjacent to an activating group) is 1. The van der Waals surface area contributed by atoms with Gasteiger partial charge in [0, 0.05) is 26.2 Å². The monoisotopic (exact) mass is 305 g/mol. The van der Waals surface area contributed by atoms with E-state index in [1.807, 2.05) is 6.07 Å². The molecule has 2 aliphatic rings. The smallest absolute Gasteiger partial charge is 0.265 e. The molecule has 1 aromatic rings. The Labute approximate surface area is 127 Å². The molecule has 0 atom stereocenters. The number of furan rings is 1. The molecule has 2 amide bonds. The summed E-state index contributed by atoms with van der Waals surface area (Å²) >= 11 is 4.89. The van der Waals surface area contributed by atoms with Crippen molar-refractivity contribution in [3.63, 3.8) is 0 Å². The molecule has 2 aliphatic heterocycles. The van der Waals surface area contributed by atoms with Crippen molar-refractivity contribution >= 4 is 41.1 Å². The third-order valence-corrected chi connectivity index (χ3v) is 4.00. The third kappa shape index (κ3) is 2.56. The summed E-state index contributed by atoms with van der Waals surface area (Å²) < 4.78 is 5.70. The number of rotatable bonds is 2. The Balaban J connectivity index is 1.85. The molecule has 21 heavy (non-hydrogen) atoms. The molecule has 1 aromatic heterocycles. The molecule has 110 valence electrons. The number of carbonyl (C=O) groups excluding carboxylic acids is 2. The highest BCUT2D eigenvalue weighted by molar-refractivity contribution is 7.80. The summed E-state index contributed by atoms with van der Waals surface area (Å²) in [5, 5.41) is 2.58. The van der Waals surface area contributed by atoms with Gasteiger partial charge in [0.05, 0.1) is 0 Å². The van der Waals surface area contributed by atoms with E-state index < -0.39 is 11.8 Å². The van der Waals surface area contributed by atoms with Crippen LogP contribution in [-0.4, -0.2) is 42.0 Å². The van der Waals surface area contributed by atoms with Gasteiger partial charge in [0.2, 0.25) is 0 Å². The van der Waals surface area contributed by atoms with E-state index in [0.29, 0.717) is 5.76 Å². The van der Waals surface area contributed by atoms with Gasteiger partial charge in [0.15, 0.2) is 11.0 Å². The van der Waals surface area contributed by atoms with Crippen LogP contribution in [0, 0.1) is 0 Å². The van der Waals surface area contributed by atoms with Crippen molar-refractivity contribution in [2.45, 2.75) is 12.8 Å². The van der Waals surface area contributed by atoms with Crippen LogP contribution in [0.2, 0.25) is 0 Å². The lowest BCUT2D eigenvalue weighted by Gasteiger charge is -2.24. The molecular formula is C14H15N3O3S. The number of carbonyl (C=O) groups is 2. The lowest BCUT2D eigenvalue weighted by molar-refractivity contribution is -0.128. The molecule has 0 aliphatic carbocycles. The van der Waals surface area contributed by atoms with Gasteiger partial charge >= 0.3 is 0 Å². The summed E-state index contributed by atoms with van der Waals surface area (Å²) in [6, 6.07) is 3.62. The average Bonchev–Trinajstić information content (AvgIpc) is 3.11. The predicted octanol–water partition coefficient (Wildman–Crippen LogP) is 1.14. The maximum Gasteiger partial charge on any atom is 0.265 e. The van der Waals surface area contributed by atoms with Gasteiger partial charge in [-0.15, -0.1) is 0 Å². The van der Waals surface area contributed by atoms with Gasteiger partial charge in [-0.05, 0) is 37.2 Å². The fraction of sp³-hybridized carbons (Fsp3) is 0.357. The minimum atomic E-state index is -0.498. The zero-order valence-corrected chi connectivity index (χ0v) is 12.4. The maximum atomic E-state index is 12.1. The first-order valence-electron chi connectivity index (χ1n) is 6.76. The van der Waals surface area contributed by atoms with Crippen LogP contribution in [0.5, 0.6) is 0 Å². The van der Waals surface area contributed by atoms with E-state index in [-0.39, 0.29) is 10.7 Å². The molecular weight excluding hydrogens is 290 g/mol. The van der Waals surface area contributed by atoms with Crippen LogP contribution in [0.1, 0.15) is 18.6 Å². The summed E-state index contributed by atoms with van der Waals surface area (Å²) in [5.74, 6) is 0.327. The minimum Gasteiger partial charge on any atom is -0.441 e. The number of nitrogens with zero attached hydrogens (tertiary/aromatic N) is 2. The fourth-order valence-corrected chi connectivity index (χ4v) is 2.59. The van der Waals surface area contributed by atoms with Crippen LogP contribution in [0.15, 0.2) is 22.1 Å². The number of nitrogens with one attached hydrogen (secondary N) is 1. The van der Waals surface area contributed by atoms with E-state index in [1.165, 1.54) is 18.0 Å². The molecule has 2 fully saturated rings. The van der Waals surface area contributed by atoms with Gasteiger partial charge in [-0.1, -0.05) is 0 Å². The number of hydrogen-bond acceptors (Lipinski definition) is 5. The van der Waals surface area contributed by atoms with Crippen LogP contribution in [-0.2, 0) is 9.59 Å². The quantitative estimate of drug-likeness (QED) is 0.504.